The maximum atomic E-state index is 13.3. The normalized spacial score (nSPS) is 11.5. The van der Waals surface area contributed by atoms with Crippen LogP contribution in [0.3, 0.4) is 0 Å². The molecule has 0 aliphatic rings. The van der Waals surface area contributed by atoms with Crippen molar-refractivity contribution in [1.29, 1.82) is 0 Å². The molecule has 0 bridgehead atoms. The van der Waals surface area contributed by atoms with E-state index in [1.54, 1.807) is 42.9 Å². The van der Waals surface area contributed by atoms with Gasteiger partial charge in [0.25, 0.3) is 15.6 Å². The van der Waals surface area contributed by atoms with E-state index in [-0.39, 0.29) is 10.6 Å². The summed E-state index contributed by atoms with van der Waals surface area (Å²) >= 11 is 0. The molecular formula is C17H16FN3O3S. The summed E-state index contributed by atoms with van der Waals surface area (Å²) in [5.74, 6) is -0.672. The van der Waals surface area contributed by atoms with Crippen molar-refractivity contribution in [3.05, 3.63) is 76.5 Å². The van der Waals surface area contributed by atoms with E-state index in [1.807, 2.05) is 6.07 Å². The van der Waals surface area contributed by atoms with Crippen LogP contribution < -0.4 is 10.3 Å². The predicted molar refractivity (Wildman–Crippen MR) is 93.0 cm³/mol. The molecule has 0 spiro atoms. The van der Waals surface area contributed by atoms with E-state index < -0.39 is 21.4 Å². The zero-order chi connectivity index (χ0) is 18.2. The van der Waals surface area contributed by atoms with E-state index in [2.05, 4.69) is 4.72 Å². The number of aromatic nitrogens is 2. The molecule has 25 heavy (non-hydrogen) atoms. The predicted octanol–water partition coefficient (Wildman–Crippen LogP) is 2.42. The van der Waals surface area contributed by atoms with Gasteiger partial charge in [-0.25, -0.2) is 17.5 Å². The maximum Gasteiger partial charge on any atom is 0.296 e. The fraction of sp³-hybridized carbons (Fsp3) is 0.118. The molecule has 0 atom stereocenters. The lowest BCUT2D eigenvalue weighted by atomic mass is 10.3. The first kappa shape index (κ1) is 17.0. The van der Waals surface area contributed by atoms with Gasteiger partial charge in [0, 0.05) is 7.05 Å². The molecule has 3 rings (SSSR count). The summed E-state index contributed by atoms with van der Waals surface area (Å²) in [6.45, 7) is 1.63. The Kier molecular flexibility index (Phi) is 4.22. The monoisotopic (exact) mass is 361 g/mol. The van der Waals surface area contributed by atoms with Gasteiger partial charge >= 0.3 is 0 Å². The van der Waals surface area contributed by atoms with E-state index >= 15 is 0 Å². The molecule has 8 heteroatoms. The topological polar surface area (TPSA) is 73.1 Å². The molecule has 130 valence electrons. The molecule has 2 aromatic carbocycles. The van der Waals surface area contributed by atoms with Gasteiger partial charge in [-0.3, -0.25) is 14.2 Å². The summed E-state index contributed by atoms with van der Waals surface area (Å²) in [7, 11) is -2.43. The Hall–Kier alpha value is -2.87. The van der Waals surface area contributed by atoms with Crippen LogP contribution in [0.15, 0.2) is 64.3 Å². The number of para-hydroxylation sites is 1. The summed E-state index contributed by atoms with van der Waals surface area (Å²) in [6.07, 6.45) is 0. The van der Waals surface area contributed by atoms with Gasteiger partial charge in [0.05, 0.1) is 16.3 Å². The second-order valence-electron chi connectivity index (χ2n) is 5.50. The lowest BCUT2D eigenvalue weighted by Gasteiger charge is -2.07. The first-order chi connectivity index (χ1) is 11.8. The van der Waals surface area contributed by atoms with E-state index in [1.165, 1.54) is 16.8 Å². The molecule has 0 saturated heterocycles. The zero-order valence-corrected chi connectivity index (χ0v) is 14.4. The van der Waals surface area contributed by atoms with Gasteiger partial charge < -0.3 is 0 Å². The highest BCUT2D eigenvalue weighted by atomic mass is 32.2. The maximum absolute atomic E-state index is 13.3. The highest BCUT2D eigenvalue weighted by Crippen LogP contribution is 2.19. The molecule has 0 aliphatic carbocycles. The van der Waals surface area contributed by atoms with Crippen molar-refractivity contribution in [2.75, 3.05) is 4.72 Å². The Morgan fingerprint density at radius 1 is 1.04 bits per heavy atom. The minimum absolute atomic E-state index is 0.0735. The minimum Gasteiger partial charge on any atom is -0.283 e. The quantitative estimate of drug-likeness (QED) is 0.776. The number of halogens is 1. The van der Waals surface area contributed by atoms with E-state index in [0.29, 0.717) is 11.4 Å². The summed E-state index contributed by atoms with van der Waals surface area (Å²) in [4.78, 5) is 12.5. The Labute approximate surface area is 144 Å². The van der Waals surface area contributed by atoms with E-state index in [4.69, 9.17) is 0 Å². The number of anilines is 1. The van der Waals surface area contributed by atoms with Gasteiger partial charge in [-0.2, -0.15) is 0 Å². The Morgan fingerprint density at radius 3 is 2.36 bits per heavy atom. The van der Waals surface area contributed by atoms with Crippen LogP contribution in [0.25, 0.3) is 5.69 Å². The van der Waals surface area contributed by atoms with Crippen molar-refractivity contribution in [3.8, 4) is 5.69 Å². The van der Waals surface area contributed by atoms with Crippen LogP contribution in [0.2, 0.25) is 0 Å². The number of hydrogen-bond acceptors (Lipinski definition) is 3. The van der Waals surface area contributed by atoms with Crippen molar-refractivity contribution in [2.45, 2.75) is 11.8 Å². The number of sulfonamides is 1. The highest BCUT2D eigenvalue weighted by molar-refractivity contribution is 7.92. The van der Waals surface area contributed by atoms with Crippen LogP contribution >= 0.6 is 0 Å². The van der Waals surface area contributed by atoms with Crippen molar-refractivity contribution >= 4 is 15.7 Å². The standard InChI is InChI=1S/C17H16FN3O3S/c1-12-16(19-25(23,24)15-10-6-7-13(18)11-15)17(22)21(20(12)2)14-8-4-3-5-9-14/h3-11,19H,1-2H3. The molecule has 0 radical (unpaired) electrons. The average Bonchev–Trinajstić information content (AvgIpc) is 2.79. The van der Waals surface area contributed by atoms with Gasteiger partial charge in [-0.1, -0.05) is 24.3 Å². The molecular weight excluding hydrogens is 345 g/mol. The molecule has 0 fully saturated rings. The van der Waals surface area contributed by atoms with Gasteiger partial charge in [-0.05, 0) is 37.3 Å². The SMILES string of the molecule is Cc1c(NS(=O)(=O)c2cccc(F)c2)c(=O)n(-c2ccccc2)n1C. The number of rotatable bonds is 4. The third-order valence-corrected chi connectivity index (χ3v) is 5.24. The summed E-state index contributed by atoms with van der Waals surface area (Å²) < 4.78 is 43.5. The molecule has 0 unspecified atom stereocenters. The second kappa shape index (κ2) is 6.21. The lowest BCUT2D eigenvalue weighted by molar-refractivity contribution is 0.595. The lowest BCUT2D eigenvalue weighted by Crippen LogP contribution is -2.23. The molecule has 3 aromatic rings. The van der Waals surface area contributed by atoms with Crippen molar-refractivity contribution in [2.24, 2.45) is 7.05 Å². The first-order valence-electron chi connectivity index (χ1n) is 7.43. The minimum atomic E-state index is -4.08. The average molecular weight is 361 g/mol. The van der Waals surface area contributed by atoms with E-state index in [9.17, 15) is 17.6 Å². The third kappa shape index (κ3) is 3.08. The van der Waals surface area contributed by atoms with Crippen molar-refractivity contribution in [1.82, 2.24) is 9.36 Å². The Bertz CT molecular complexity index is 1090. The molecule has 1 N–H and O–H groups in total. The number of benzene rings is 2. The van der Waals surface area contributed by atoms with Gasteiger partial charge in [-0.15, -0.1) is 0 Å². The molecule has 0 amide bonds. The molecule has 1 aromatic heterocycles. The van der Waals surface area contributed by atoms with Crippen molar-refractivity contribution < 1.29 is 12.8 Å². The van der Waals surface area contributed by atoms with Gasteiger partial charge in [0.15, 0.2) is 0 Å². The molecule has 6 nitrogen and oxygen atoms in total. The van der Waals surface area contributed by atoms with Crippen LogP contribution in [0.1, 0.15) is 5.69 Å². The fourth-order valence-corrected chi connectivity index (χ4v) is 3.66. The first-order valence-corrected chi connectivity index (χ1v) is 8.92. The smallest absolute Gasteiger partial charge is 0.283 e. The van der Waals surface area contributed by atoms with Crippen molar-refractivity contribution in [3.63, 3.8) is 0 Å². The Morgan fingerprint density at radius 2 is 1.72 bits per heavy atom. The summed E-state index contributed by atoms with van der Waals surface area (Å²) in [5.41, 5.74) is 0.463. The largest absolute Gasteiger partial charge is 0.296 e. The Balaban J connectivity index is 2.09. The third-order valence-electron chi connectivity index (χ3n) is 3.90. The van der Waals surface area contributed by atoms with Crippen LogP contribution in [0.5, 0.6) is 0 Å². The second-order valence-corrected chi connectivity index (χ2v) is 7.18. The fourth-order valence-electron chi connectivity index (χ4n) is 2.51. The molecule has 1 heterocycles. The van der Waals surface area contributed by atoms with E-state index in [0.717, 1.165) is 12.1 Å². The molecule has 0 saturated carbocycles. The zero-order valence-electron chi connectivity index (χ0n) is 13.6. The van der Waals surface area contributed by atoms with Gasteiger partial charge in [0.1, 0.15) is 11.5 Å². The summed E-state index contributed by atoms with van der Waals surface area (Å²) in [6, 6.07) is 13.5. The highest BCUT2D eigenvalue weighted by Gasteiger charge is 2.22. The van der Waals surface area contributed by atoms with Crippen LogP contribution in [-0.2, 0) is 17.1 Å². The summed E-state index contributed by atoms with van der Waals surface area (Å²) in [5, 5.41) is 0. The molecule has 0 aliphatic heterocycles. The van der Waals surface area contributed by atoms with Gasteiger partial charge in [0.2, 0.25) is 0 Å². The number of hydrogen-bond donors (Lipinski definition) is 1. The van der Waals surface area contributed by atoms with Crippen LogP contribution in [0.4, 0.5) is 10.1 Å². The van der Waals surface area contributed by atoms with Crippen LogP contribution in [0, 0.1) is 12.7 Å². The number of nitrogens with one attached hydrogen (secondary N) is 1. The van der Waals surface area contributed by atoms with Crippen LogP contribution in [-0.4, -0.2) is 17.8 Å². The number of nitrogens with zero attached hydrogens (tertiary/aromatic N) is 2.